The van der Waals surface area contributed by atoms with Gasteiger partial charge in [0.25, 0.3) is 0 Å². The van der Waals surface area contributed by atoms with Gasteiger partial charge in [-0.2, -0.15) is 0 Å². The second-order valence-corrected chi connectivity index (χ2v) is 17.6. The van der Waals surface area contributed by atoms with E-state index < -0.39 is 41.8 Å². The fourth-order valence-electron chi connectivity index (χ4n) is 7.45. The molecule has 3 rings (SSSR count). The fourth-order valence-corrected chi connectivity index (χ4v) is 7.45. The Balaban J connectivity index is 0.000000367. The molecule has 2 aliphatic carbocycles. The number of carbonyl (C=O) groups is 5. The first-order chi connectivity index (χ1) is 24.9. The fraction of sp³-hybridized carbons (Fsp3) is 0.857. The van der Waals surface area contributed by atoms with E-state index in [-0.39, 0.29) is 42.2 Å². The Hall–Kier alpha value is -2.82. The molecule has 3 aliphatic rings. The zero-order valence-corrected chi connectivity index (χ0v) is 34.3. The van der Waals surface area contributed by atoms with E-state index in [1.54, 1.807) is 20.8 Å². The zero-order chi connectivity index (χ0) is 39.6. The highest BCUT2D eigenvalue weighted by atomic mass is 16.6. The highest BCUT2D eigenvalue weighted by molar-refractivity contribution is 5.91. The number of ether oxygens (including phenoxy) is 3. The van der Waals surface area contributed by atoms with Crippen molar-refractivity contribution in [3.05, 3.63) is 0 Å². The van der Waals surface area contributed by atoms with Gasteiger partial charge < -0.3 is 24.6 Å². The Kier molecular flexibility index (Phi) is 20.3. The molecule has 2 fully saturated rings. The van der Waals surface area contributed by atoms with Crippen molar-refractivity contribution >= 4 is 35.3 Å². The molecule has 11 heteroatoms. The first-order valence-electron chi connectivity index (χ1n) is 20.4. The van der Waals surface area contributed by atoms with Crippen molar-refractivity contribution in [1.29, 1.82) is 0 Å². The molecule has 2 N–H and O–H groups in total. The molecule has 0 saturated heterocycles. The molecule has 0 aromatic rings. The van der Waals surface area contributed by atoms with E-state index in [1.165, 1.54) is 84.5 Å². The van der Waals surface area contributed by atoms with Crippen LogP contribution in [0.5, 0.6) is 0 Å². The lowest BCUT2D eigenvalue weighted by Gasteiger charge is -2.24. The number of aliphatic imine (C=N–C) groups is 1. The van der Waals surface area contributed by atoms with Crippen molar-refractivity contribution in [1.82, 2.24) is 5.32 Å². The number of hydrogen-bond acceptors (Lipinski definition) is 10. The molecule has 0 aromatic carbocycles. The SMILES string of the molecule is CC(=O)[C@@H]1COC([C@H](CCCC2CCCCC2)CC(=O)OC(C)(C)C)=N1.CC(=O)[C@H](CO)NC(=O)[C@H](CCCC1CCCCC1)CC(=O)OC(C)(C)C. The second kappa shape index (κ2) is 23.2. The largest absolute Gasteiger partial charge is 0.478 e. The monoisotopic (exact) mass is 749 g/mol. The van der Waals surface area contributed by atoms with Crippen LogP contribution >= 0.6 is 0 Å². The summed E-state index contributed by atoms with van der Waals surface area (Å²) in [6.45, 7) is 13.7. The minimum Gasteiger partial charge on any atom is -0.478 e. The highest BCUT2D eigenvalue weighted by Gasteiger charge is 2.32. The maximum atomic E-state index is 12.6. The van der Waals surface area contributed by atoms with Crippen molar-refractivity contribution in [2.75, 3.05) is 13.2 Å². The molecule has 0 spiro atoms. The van der Waals surface area contributed by atoms with Gasteiger partial charge >= 0.3 is 11.9 Å². The molecule has 0 unspecified atom stereocenters. The third-order valence-corrected chi connectivity index (χ3v) is 10.3. The smallest absolute Gasteiger partial charge is 0.307 e. The molecule has 11 nitrogen and oxygen atoms in total. The number of carbonyl (C=O) groups excluding carboxylic acids is 5. The number of nitrogens with one attached hydrogen (secondary N) is 1. The van der Waals surface area contributed by atoms with E-state index in [4.69, 9.17) is 14.2 Å². The van der Waals surface area contributed by atoms with Crippen molar-refractivity contribution in [3.8, 4) is 0 Å². The maximum Gasteiger partial charge on any atom is 0.307 e. The van der Waals surface area contributed by atoms with Crippen LogP contribution in [0.3, 0.4) is 0 Å². The summed E-state index contributed by atoms with van der Waals surface area (Å²) in [7, 11) is 0. The van der Waals surface area contributed by atoms with Crippen molar-refractivity contribution in [2.24, 2.45) is 28.7 Å². The van der Waals surface area contributed by atoms with Crippen LogP contribution in [0.2, 0.25) is 0 Å². The Bertz CT molecular complexity index is 1190. The van der Waals surface area contributed by atoms with Crippen LogP contribution in [0.25, 0.3) is 0 Å². The molecule has 53 heavy (non-hydrogen) atoms. The van der Waals surface area contributed by atoms with Crippen LogP contribution in [0.15, 0.2) is 4.99 Å². The normalized spacial score (nSPS) is 20.1. The number of hydrogen-bond donors (Lipinski definition) is 2. The van der Waals surface area contributed by atoms with Crippen LogP contribution < -0.4 is 5.32 Å². The lowest BCUT2D eigenvalue weighted by Crippen LogP contribution is -2.45. The summed E-state index contributed by atoms with van der Waals surface area (Å²) >= 11 is 0. The van der Waals surface area contributed by atoms with Crippen LogP contribution in [0, 0.1) is 23.7 Å². The van der Waals surface area contributed by atoms with Crippen LogP contribution in [0.1, 0.15) is 171 Å². The van der Waals surface area contributed by atoms with Crippen LogP contribution in [0.4, 0.5) is 0 Å². The number of ketones is 2. The molecule has 304 valence electrons. The van der Waals surface area contributed by atoms with Gasteiger partial charge in [-0.3, -0.25) is 24.0 Å². The molecular weight excluding hydrogens is 676 g/mol. The maximum absolute atomic E-state index is 12.6. The molecule has 1 aliphatic heterocycles. The Labute approximate surface area is 319 Å². The second-order valence-electron chi connectivity index (χ2n) is 17.6. The van der Waals surface area contributed by atoms with Gasteiger partial charge in [0.1, 0.15) is 29.9 Å². The average molecular weight is 749 g/mol. The van der Waals surface area contributed by atoms with Gasteiger partial charge in [0, 0.05) is 11.8 Å². The van der Waals surface area contributed by atoms with Crippen LogP contribution in [-0.4, -0.2) is 76.9 Å². The van der Waals surface area contributed by atoms with Crippen molar-refractivity contribution in [2.45, 2.75) is 194 Å². The average Bonchev–Trinajstić information content (AvgIpc) is 3.57. The predicted molar refractivity (Wildman–Crippen MR) is 206 cm³/mol. The molecule has 0 radical (unpaired) electrons. The van der Waals surface area contributed by atoms with Gasteiger partial charge in [-0.25, -0.2) is 4.99 Å². The summed E-state index contributed by atoms with van der Waals surface area (Å²) in [6, 6.07) is -1.33. The third kappa shape index (κ3) is 19.9. The number of Topliss-reactive ketones (excluding diaryl/α,β-unsaturated/α-hetero) is 2. The first kappa shape index (κ1) is 46.3. The van der Waals surface area contributed by atoms with Gasteiger partial charge in [-0.1, -0.05) is 89.9 Å². The molecule has 2 saturated carbocycles. The number of nitrogens with zero attached hydrogens (tertiary/aromatic N) is 1. The third-order valence-electron chi connectivity index (χ3n) is 10.3. The van der Waals surface area contributed by atoms with E-state index in [1.807, 2.05) is 20.8 Å². The van der Waals surface area contributed by atoms with E-state index in [0.717, 1.165) is 31.6 Å². The topological polar surface area (TPSA) is 158 Å². The van der Waals surface area contributed by atoms with E-state index in [9.17, 15) is 29.1 Å². The number of amides is 1. The lowest BCUT2D eigenvalue weighted by molar-refractivity contribution is -0.157. The molecule has 1 amide bonds. The quantitative estimate of drug-likeness (QED) is 0.135. The summed E-state index contributed by atoms with van der Waals surface area (Å²) in [4.78, 5) is 64.6. The predicted octanol–water partition coefficient (Wildman–Crippen LogP) is 7.62. The highest BCUT2D eigenvalue weighted by Crippen LogP contribution is 2.31. The van der Waals surface area contributed by atoms with Gasteiger partial charge in [0.2, 0.25) is 5.91 Å². The van der Waals surface area contributed by atoms with Gasteiger partial charge in [0.15, 0.2) is 17.5 Å². The zero-order valence-electron chi connectivity index (χ0n) is 34.3. The molecular formula is C42H72N2O9. The number of esters is 2. The summed E-state index contributed by atoms with van der Waals surface area (Å²) < 4.78 is 16.5. The number of aliphatic hydroxyl groups excluding tert-OH is 1. The van der Waals surface area contributed by atoms with Gasteiger partial charge in [-0.15, -0.1) is 0 Å². The minimum absolute atomic E-state index is 0.0101. The Morgan fingerprint density at radius 2 is 1.26 bits per heavy atom. The van der Waals surface area contributed by atoms with E-state index in [0.29, 0.717) is 24.8 Å². The molecule has 0 aromatic heterocycles. The van der Waals surface area contributed by atoms with Gasteiger partial charge in [-0.05, 0) is 80.1 Å². The van der Waals surface area contributed by atoms with Crippen molar-refractivity contribution < 1.29 is 43.3 Å². The number of rotatable bonds is 18. The molecule has 0 bridgehead atoms. The standard InChI is InChI=1S/C21H37NO5.C21H35NO4/c1-15(24)18(14-23)22-20(26)17(13-19(25)27-21(2,3)4)12-8-11-16-9-6-5-7-10-16;1-15(23)18-14-25-20(22-18)17(13-19(24)26-21(2,3)4)12-8-11-16-9-6-5-7-10-16/h16-18,23H,5-14H2,1-4H3,(H,22,26);16-18H,5-14H2,1-4H3/t2*17-,18+/m11/s1. The first-order valence-corrected chi connectivity index (χ1v) is 20.4. The Morgan fingerprint density at radius 1 is 0.774 bits per heavy atom. The van der Waals surface area contributed by atoms with Crippen LogP contribution in [-0.2, 0) is 38.2 Å². The lowest BCUT2D eigenvalue weighted by atomic mass is 9.84. The van der Waals surface area contributed by atoms with Crippen molar-refractivity contribution in [3.63, 3.8) is 0 Å². The summed E-state index contributed by atoms with van der Waals surface area (Å²) in [5.74, 6) is 0.186. The minimum atomic E-state index is -0.919. The summed E-state index contributed by atoms with van der Waals surface area (Å²) in [6.07, 6.45) is 19.0. The molecule has 1 heterocycles. The van der Waals surface area contributed by atoms with E-state index in [2.05, 4.69) is 10.3 Å². The van der Waals surface area contributed by atoms with E-state index >= 15 is 0 Å². The summed E-state index contributed by atoms with van der Waals surface area (Å²) in [5, 5.41) is 11.9. The molecule has 4 atom stereocenters. The number of aliphatic hydroxyl groups is 1. The Morgan fingerprint density at radius 3 is 1.70 bits per heavy atom. The summed E-state index contributed by atoms with van der Waals surface area (Å²) in [5.41, 5.74) is -1.10. The van der Waals surface area contributed by atoms with Gasteiger partial charge in [0.05, 0.1) is 19.4 Å².